The molecule has 0 amide bonds. The minimum atomic E-state index is 0.716. The number of hydrogen-bond donors (Lipinski definition) is 1. The first kappa shape index (κ1) is 14.9. The zero-order valence-corrected chi connectivity index (χ0v) is 14.1. The number of piperidine rings is 1. The van der Waals surface area contributed by atoms with E-state index >= 15 is 0 Å². The van der Waals surface area contributed by atoms with Crippen LogP contribution < -0.4 is 10.2 Å². The Balaban J connectivity index is 1.60. The second-order valence-corrected chi connectivity index (χ2v) is 6.59. The number of pyridine rings is 1. The molecular weight excluding hydrogens is 300 g/mol. The van der Waals surface area contributed by atoms with Gasteiger partial charge >= 0.3 is 0 Å². The number of imidazole rings is 1. The molecule has 1 aliphatic heterocycles. The molecule has 0 aliphatic carbocycles. The van der Waals surface area contributed by atoms with Crippen molar-refractivity contribution in [2.45, 2.75) is 26.7 Å². The summed E-state index contributed by atoms with van der Waals surface area (Å²) in [6.45, 7) is 6.38. The third-order valence-corrected chi connectivity index (χ3v) is 4.48. The summed E-state index contributed by atoms with van der Waals surface area (Å²) >= 11 is 0. The van der Waals surface area contributed by atoms with E-state index in [0.29, 0.717) is 5.92 Å². The maximum absolute atomic E-state index is 4.63. The first-order chi connectivity index (χ1) is 11.7. The van der Waals surface area contributed by atoms with Gasteiger partial charge in [0, 0.05) is 49.5 Å². The summed E-state index contributed by atoms with van der Waals surface area (Å²) in [5, 5.41) is 3.39. The summed E-state index contributed by atoms with van der Waals surface area (Å²) in [4.78, 5) is 15.9. The molecule has 6 nitrogen and oxygen atoms in total. The van der Waals surface area contributed by atoms with Gasteiger partial charge in [0.25, 0.3) is 0 Å². The van der Waals surface area contributed by atoms with Crippen molar-refractivity contribution in [3.63, 3.8) is 0 Å². The molecule has 124 valence electrons. The highest BCUT2D eigenvalue weighted by Crippen LogP contribution is 2.24. The molecule has 1 unspecified atom stereocenters. The van der Waals surface area contributed by atoms with Crippen LogP contribution in [0.15, 0.2) is 36.8 Å². The molecule has 0 aromatic carbocycles. The molecule has 3 aromatic rings. The van der Waals surface area contributed by atoms with E-state index in [1.165, 1.54) is 12.8 Å². The van der Waals surface area contributed by atoms with E-state index in [9.17, 15) is 0 Å². The average molecular weight is 322 g/mol. The standard InChI is InChI=1S/C18H22N6/c1-13-4-3-7-24(12-13)18-11-16(20-14(2)21-18)22-15-5-8-23-9-6-19-17(23)10-15/h5-6,8-11,13H,3-4,7,12H2,1-2H3,(H,20,21,22). The lowest BCUT2D eigenvalue weighted by Crippen LogP contribution is -2.35. The van der Waals surface area contributed by atoms with E-state index in [4.69, 9.17) is 0 Å². The molecule has 4 rings (SSSR count). The van der Waals surface area contributed by atoms with Crippen molar-refractivity contribution in [3.05, 3.63) is 42.6 Å². The minimum Gasteiger partial charge on any atom is -0.356 e. The molecule has 0 saturated carbocycles. The number of aromatic nitrogens is 4. The molecular formula is C18H22N6. The highest BCUT2D eigenvalue weighted by atomic mass is 15.2. The van der Waals surface area contributed by atoms with Crippen molar-refractivity contribution < 1.29 is 0 Å². The Morgan fingerprint density at radius 2 is 2.12 bits per heavy atom. The Morgan fingerprint density at radius 1 is 1.21 bits per heavy atom. The largest absolute Gasteiger partial charge is 0.356 e. The third kappa shape index (κ3) is 3.04. The summed E-state index contributed by atoms with van der Waals surface area (Å²) in [6.07, 6.45) is 8.25. The molecule has 1 N–H and O–H groups in total. The monoisotopic (exact) mass is 322 g/mol. The van der Waals surface area contributed by atoms with E-state index in [2.05, 4.69) is 32.1 Å². The lowest BCUT2D eigenvalue weighted by Gasteiger charge is -2.32. The van der Waals surface area contributed by atoms with Crippen LogP contribution in [0.25, 0.3) is 5.65 Å². The topological polar surface area (TPSA) is 58.4 Å². The van der Waals surface area contributed by atoms with Crippen molar-refractivity contribution in [2.75, 3.05) is 23.3 Å². The summed E-state index contributed by atoms with van der Waals surface area (Å²) in [6, 6.07) is 6.08. The zero-order chi connectivity index (χ0) is 16.5. The van der Waals surface area contributed by atoms with Crippen molar-refractivity contribution >= 4 is 23.0 Å². The van der Waals surface area contributed by atoms with Crippen molar-refractivity contribution in [3.8, 4) is 0 Å². The van der Waals surface area contributed by atoms with Crippen LogP contribution in [0.2, 0.25) is 0 Å². The molecule has 24 heavy (non-hydrogen) atoms. The maximum Gasteiger partial charge on any atom is 0.138 e. The summed E-state index contributed by atoms with van der Waals surface area (Å²) in [7, 11) is 0. The van der Waals surface area contributed by atoms with Gasteiger partial charge < -0.3 is 14.6 Å². The first-order valence-electron chi connectivity index (χ1n) is 8.48. The molecule has 1 aliphatic rings. The fraction of sp³-hybridized carbons (Fsp3) is 0.389. The number of aryl methyl sites for hydroxylation is 1. The van der Waals surface area contributed by atoms with Crippen LogP contribution in [-0.4, -0.2) is 32.4 Å². The molecule has 0 bridgehead atoms. The van der Waals surface area contributed by atoms with Gasteiger partial charge in [0.1, 0.15) is 23.1 Å². The number of anilines is 3. The predicted octanol–water partition coefficient (Wildman–Crippen LogP) is 3.41. The van der Waals surface area contributed by atoms with Gasteiger partial charge in [-0.25, -0.2) is 15.0 Å². The highest BCUT2D eigenvalue weighted by molar-refractivity contribution is 5.63. The Hall–Kier alpha value is -2.63. The van der Waals surface area contributed by atoms with E-state index in [1.807, 2.05) is 41.9 Å². The average Bonchev–Trinajstić information content (AvgIpc) is 3.02. The van der Waals surface area contributed by atoms with Gasteiger partial charge in [0.15, 0.2) is 0 Å². The Morgan fingerprint density at radius 3 is 3.00 bits per heavy atom. The van der Waals surface area contributed by atoms with Crippen molar-refractivity contribution in [2.24, 2.45) is 5.92 Å². The molecule has 6 heteroatoms. The lowest BCUT2D eigenvalue weighted by atomic mass is 10.0. The second-order valence-electron chi connectivity index (χ2n) is 6.59. The smallest absolute Gasteiger partial charge is 0.138 e. The number of fused-ring (bicyclic) bond motifs is 1. The van der Waals surface area contributed by atoms with Gasteiger partial charge in [-0.2, -0.15) is 0 Å². The zero-order valence-electron chi connectivity index (χ0n) is 14.1. The van der Waals surface area contributed by atoms with Crippen LogP contribution in [0.3, 0.4) is 0 Å². The number of nitrogens with one attached hydrogen (secondary N) is 1. The van der Waals surface area contributed by atoms with Crippen LogP contribution >= 0.6 is 0 Å². The number of rotatable bonds is 3. The van der Waals surface area contributed by atoms with Crippen LogP contribution in [-0.2, 0) is 0 Å². The van der Waals surface area contributed by atoms with Gasteiger partial charge in [0.05, 0.1) is 0 Å². The molecule has 3 aromatic heterocycles. The van der Waals surface area contributed by atoms with Crippen molar-refractivity contribution in [1.29, 1.82) is 0 Å². The Kier molecular flexibility index (Phi) is 3.80. The van der Waals surface area contributed by atoms with Gasteiger partial charge in [-0.3, -0.25) is 0 Å². The lowest BCUT2D eigenvalue weighted by molar-refractivity contribution is 0.444. The third-order valence-electron chi connectivity index (χ3n) is 4.48. The van der Waals surface area contributed by atoms with Crippen LogP contribution in [0.1, 0.15) is 25.6 Å². The van der Waals surface area contributed by atoms with E-state index in [0.717, 1.165) is 41.9 Å². The SMILES string of the molecule is Cc1nc(Nc2ccn3ccnc3c2)cc(N2CCCC(C)C2)n1. The molecule has 0 radical (unpaired) electrons. The summed E-state index contributed by atoms with van der Waals surface area (Å²) in [5.74, 6) is 3.34. The molecule has 1 saturated heterocycles. The van der Waals surface area contributed by atoms with E-state index in [-0.39, 0.29) is 0 Å². The molecule has 1 fully saturated rings. The van der Waals surface area contributed by atoms with Crippen LogP contribution in [0.4, 0.5) is 17.3 Å². The Labute approximate surface area is 141 Å². The first-order valence-corrected chi connectivity index (χ1v) is 8.48. The van der Waals surface area contributed by atoms with E-state index in [1.54, 1.807) is 6.20 Å². The number of hydrogen-bond acceptors (Lipinski definition) is 5. The van der Waals surface area contributed by atoms with Gasteiger partial charge in [0.2, 0.25) is 0 Å². The summed E-state index contributed by atoms with van der Waals surface area (Å²) < 4.78 is 1.98. The van der Waals surface area contributed by atoms with Crippen LogP contribution in [0.5, 0.6) is 0 Å². The predicted molar refractivity (Wildman–Crippen MR) is 95.9 cm³/mol. The van der Waals surface area contributed by atoms with E-state index < -0.39 is 0 Å². The minimum absolute atomic E-state index is 0.716. The fourth-order valence-corrected chi connectivity index (χ4v) is 3.31. The highest BCUT2D eigenvalue weighted by Gasteiger charge is 2.18. The quantitative estimate of drug-likeness (QED) is 0.801. The fourth-order valence-electron chi connectivity index (χ4n) is 3.31. The molecule has 1 atom stereocenters. The van der Waals surface area contributed by atoms with Gasteiger partial charge in [-0.05, 0) is 31.7 Å². The normalized spacial score (nSPS) is 18.1. The molecule has 0 spiro atoms. The summed E-state index contributed by atoms with van der Waals surface area (Å²) in [5.41, 5.74) is 1.89. The Bertz CT molecular complexity index is 856. The maximum atomic E-state index is 4.63. The number of nitrogens with zero attached hydrogens (tertiary/aromatic N) is 5. The van der Waals surface area contributed by atoms with Crippen LogP contribution in [0, 0.1) is 12.8 Å². The van der Waals surface area contributed by atoms with Crippen molar-refractivity contribution in [1.82, 2.24) is 19.4 Å². The second kappa shape index (κ2) is 6.11. The van der Waals surface area contributed by atoms with Gasteiger partial charge in [-0.15, -0.1) is 0 Å². The van der Waals surface area contributed by atoms with Gasteiger partial charge in [-0.1, -0.05) is 6.92 Å². The molecule has 4 heterocycles.